The lowest BCUT2D eigenvalue weighted by atomic mass is 10.0. The van der Waals surface area contributed by atoms with Gasteiger partial charge in [0, 0.05) is 31.0 Å². The Balaban J connectivity index is 2.45. The van der Waals surface area contributed by atoms with Crippen molar-refractivity contribution in [1.29, 1.82) is 0 Å². The van der Waals surface area contributed by atoms with Crippen LogP contribution in [-0.4, -0.2) is 36.3 Å². The molecule has 1 aromatic rings. The van der Waals surface area contributed by atoms with Gasteiger partial charge in [0.05, 0.1) is 5.69 Å². The predicted octanol–water partition coefficient (Wildman–Crippen LogP) is 2.08. The lowest BCUT2D eigenvalue weighted by molar-refractivity contribution is 0.292. The Kier molecular flexibility index (Phi) is 3.82. The quantitative estimate of drug-likeness (QED) is 0.919. The molecule has 1 aliphatic heterocycles. The smallest absolute Gasteiger partial charge is 0.247 e. The van der Waals surface area contributed by atoms with Gasteiger partial charge in [0.25, 0.3) is 0 Å². The third kappa shape index (κ3) is 2.60. The Morgan fingerprint density at radius 2 is 2.21 bits per heavy atom. The second-order valence-corrected chi connectivity index (χ2v) is 7.23. The minimum absolute atomic E-state index is 0.270. The molecule has 0 aliphatic carbocycles. The van der Waals surface area contributed by atoms with Gasteiger partial charge in [0.1, 0.15) is 4.90 Å². The summed E-state index contributed by atoms with van der Waals surface area (Å²) in [5.41, 5.74) is 0.304. The van der Waals surface area contributed by atoms with Crippen LogP contribution in [0.1, 0.15) is 33.6 Å². The summed E-state index contributed by atoms with van der Waals surface area (Å²) >= 11 is 0. The van der Waals surface area contributed by atoms with Crippen LogP contribution in [0.15, 0.2) is 23.4 Å². The summed E-state index contributed by atoms with van der Waals surface area (Å²) in [6.07, 6.45) is 4.83. The van der Waals surface area contributed by atoms with Crippen LogP contribution in [0.5, 0.6) is 0 Å². The van der Waals surface area contributed by atoms with Crippen LogP contribution < -0.4 is 5.32 Å². The molecule has 0 unspecified atom stereocenters. The molecule has 6 heteroatoms. The van der Waals surface area contributed by atoms with E-state index in [2.05, 4.69) is 10.3 Å². The number of sulfonamides is 1. The molecular weight excluding hydrogens is 262 g/mol. The Morgan fingerprint density at radius 1 is 1.47 bits per heavy atom. The van der Waals surface area contributed by atoms with Crippen molar-refractivity contribution >= 4 is 15.7 Å². The molecule has 0 radical (unpaired) electrons. The highest BCUT2D eigenvalue weighted by atomic mass is 32.2. The molecule has 1 saturated heterocycles. The zero-order valence-electron chi connectivity index (χ0n) is 11.7. The van der Waals surface area contributed by atoms with E-state index in [0.717, 1.165) is 12.8 Å². The fourth-order valence-electron chi connectivity index (χ4n) is 2.57. The summed E-state index contributed by atoms with van der Waals surface area (Å²) in [5.74, 6) is 0. The maximum absolute atomic E-state index is 12.8. The first kappa shape index (κ1) is 14.3. The van der Waals surface area contributed by atoms with Crippen LogP contribution in [0.25, 0.3) is 0 Å². The first-order chi connectivity index (χ1) is 8.89. The highest BCUT2D eigenvalue weighted by molar-refractivity contribution is 7.89. The van der Waals surface area contributed by atoms with Crippen molar-refractivity contribution in [3.05, 3.63) is 18.5 Å². The van der Waals surface area contributed by atoms with Crippen molar-refractivity contribution in [2.75, 3.05) is 18.4 Å². The second-order valence-electron chi connectivity index (χ2n) is 5.40. The SMILES string of the molecule is CCNc1ccncc1S(=O)(=O)N1CCCC1(C)C. The summed E-state index contributed by atoms with van der Waals surface area (Å²) in [4.78, 5) is 4.24. The number of anilines is 1. The van der Waals surface area contributed by atoms with Crippen LogP contribution in [0.2, 0.25) is 0 Å². The molecule has 2 rings (SSSR count). The van der Waals surface area contributed by atoms with E-state index in [-0.39, 0.29) is 10.4 Å². The number of aromatic nitrogens is 1. The van der Waals surface area contributed by atoms with E-state index < -0.39 is 10.0 Å². The minimum atomic E-state index is -3.49. The number of nitrogens with zero attached hydrogens (tertiary/aromatic N) is 2. The van der Waals surface area contributed by atoms with E-state index >= 15 is 0 Å². The molecule has 1 fully saturated rings. The number of rotatable bonds is 4. The van der Waals surface area contributed by atoms with Gasteiger partial charge in [-0.1, -0.05) is 0 Å². The van der Waals surface area contributed by atoms with E-state index in [1.165, 1.54) is 6.20 Å². The van der Waals surface area contributed by atoms with Crippen molar-refractivity contribution in [3.63, 3.8) is 0 Å². The third-order valence-electron chi connectivity index (χ3n) is 3.54. The molecule has 0 spiro atoms. The molecule has 1 N–H and O–H groups in total. The molecule has 1 aromatic heterocycles. The summed E-state index contributed by atoms with van der Waals surface area (Å²) in [6, 6.07) is 1.71. The van der Waals surface area contributed by atoms with Crippen LogP contribution in [0, 0.1) is 0 Å². The molecule has 106 valence electrons. The van der Waals surface area contributed by atoms with Gasteiger partial charge in [0.15, 0.2) is 0 Å². The highest BCUT2D eigenvalue weighted by Gasteiger charge is 2.41. The zero-order valence-corrected chi connectivity index (χ0v) is 12.5. The number of hydrogen-bond acceptors (Lipinski definition) is 4. The molecule has 0 bridgehead atoms. The van der Waals surface area contributed by atoms with Crippen molar-refractivity contribution < 1.29 is 8.42 Å². The van der Waals surface area contributed by atoms with Crippen molar-refractivity contribution in [3.8, 4) is 0 Å². The average molecular weight is 283 g/mol. The maximum atomic E-state index is 12.8. The first-order valence-electron chi connectivity index (χ1n) is 6.60. The van der Waals surface area contributed by atoms with Crippen LogP contribution in [0.3, 0.4) is 0 Å². The van der Waals surface area contributed by atoms with Crippen LogP contribution in [0.4, 0.5) is 5.69 Å². The highest BCUT2D eigenvalue weighted by Crippen LogP contribution is 2.35. The normalized spacial score (nSPS) is 19.5. The van der Waals surface area contributed by atoms with E-state index in [9.17, 15) is 8.42 Å². The minimum Gasteiger partial charge on any atom is -0.384 e. The topological polar surface area (TPSA) is 62.3 Å². The van der Waals surface area contributed by atoms with E-state index in [1.807, 2.05) is 20.8 Å². The van der Waals surface area contributed by atoms with Gasteiger partial charge in [-0.3, -0.25) is 4.98 Å². The third-order valence-corrected chi connectivity index (χ3v) is 5.68. The van der Waals surface area contributed by atoms with E-state index in [4.69, 9.17) is 0 Å². The lowest BCUT2D eigenvalue weighted by Crippen LogP contribution is -2.42. The number of hydrogen-bond donors (Lipinski definition) is 1. The molecule has 0 aromatic carbocycles. The Labute approximate surface area is 115 Å². The molecule has 0 atom stereocenters. The summed E-state index contributed by atoms with van der Waals surface area (Å²) in [5, 5.41) is 3.09. The van der Waals surface area contributed by atoms with Gasteiger partial charge in [-0.05, 0) is 39.7 Å². The molecular formula is C13H21N3O2S. The van der Waals surface area contributed by atoms with Crippen LogP contribution >= 0.6 is 0 Å². The molecule has 0 amide bonds. The molecule has 1 aliphatic rings. The van der Waals surface area contributed by atoms with Gasteiger partial charge in [-0.25, -0.2) is 8.42 Å². The van der Waals surface area contributed by atoms with Gasteiger partial charge in [0.2, 0.25) is 10.0 Å². The van der Waals surface area contributed by atoms with Gasteiger partial charge in [-0.15, -0.1) is 0 Å². The monoisotopic (exact) mass is 283 g/mol. The first-order valence-corrected chi connectivity index (χ1v) is 8.04. The maximum Gasteiger partial charge on any atom is 0.247 e. The standard InChI is InChI=1S/C13H21N3O2S/c1-4-15-11-6-8-14-10-12(11)19(17,18)16-9-5-7-13(16,2)3/h6,8,10H,4-5,7,9H2,1-3H3,(H,14,15). The predicted molar refractivity (Wildman–Crippen MR) is 75.6 cm³/mol. The Morgan fingerprint density at radius 3 is 2.79 bits per heavy atom. The average Bonchev–Trinajstić information content (AvgIpc) is 2.70. The van der Waals surface area contributed by atoms with Crippen molar-refractivity contribution in [1.82, 2.24) is 9.29 Å². The van der Waals surface area contributed by atoms with E-state index in [0.29, 0.717) is 18.8 Å². The number of nitrogens with one attached hydrogen (secondary N) is 1. The van der Waals surface area contributed by atoms with Crippen LogP contribution in [-0.2, 0) is 10.0 Å². The molecule has 19 heavy (non-hydrogen) atoms. The van der Waals surface area contributed by atoms with Crippen molar-refractivity contribution in [2.45, 2.75) is 44.0 Å². The van der Waals surface area contributed by atoms with Gasteiger partial charge < -0.3 is 5.32 Å². The van der Waals surface area contributed by atoms with Crippen molar-refractivity contribution in [2.24, 2.45) is 0 Å². The summed E-state index contributed by atoms with van der Waals surface area (Å²) in [7, 11) is -3.49. The van der Waals surface area contributed by atoms with E-state index in [1.54, 1.807) is 16.6 Å². The Bertz CT molecular complexity index is 555. The number of pyridine rings is 1. The molecule has 5 nitrogen and oxygen atoms in total. The van der Waals surface area contributed by atoms with Gasteiger partial charge in [-0.2, -0.15) is 4.31 Å². The largest absolute Gasteiger partial charge is 0.384 e. The molecule has 0 saturated carbocycles. The second kappa shape index (κ2) is 5.09. The fourth-order valence-corrected chi connectivity index (χ4v) is 4.53. The summed E-state index contributed by atoms with van der Waals surface area (Å²) in [6.45, 7) is 7.14. The Hall–Kier alpha value is -1.14. The summed E-state index contributed by atoms with van der Waals surface area (Å²) < 4.78 is 27.2. The lowest BCUT2D eigenvalue weighted by Gasteiger charge is -2.31. The molecule has 2 heterocycles. The van der Waals surface area contributed by atoms with Gasteiger partial charge >= 0.3 is 0 Å². The fraction of sp³-hybridized carbons (Fsp3) is 0.615. The zero-order chi connectivity index (χ0) is 14.1.